The quantitative estimate of drug-likeness (QED) is 0.192. The summed E-state index contributed by atoms with van der Waals surface area (Å²) >= 11 is 0. The summed E-state index contributed by atoms with van der Waals surface area (Å²) in [5.41, 5.74) is 9.10. The molecule has 0 heteroatoms. The maximum absolute atomic E-state index is 3.56. The van der Waals surface area contributed by atoms with Crippen molar-refractivity contribution >= 4 is 48.6 Å². The average molecular weight is 486 g/mol. The molecule has 0 spiro atoms. The van der Waals surface area contributed by atoms with Gasteiger partial charge in [-0.25, -0.2) is 0 Å². The largest absolute Gasteiger partial charge is 0.0622 e. The van der Waals surface area contributed by atoms with Crippen molar-refractivity contribution in [2.45, 2.75) is 0 Å². The minimum absolute atomic E-state index is 1.05. The van der Waals surface area contributed by atoms with Crippen molar-refractivity contribution in [2.75, 3.05) is 0 Å². The van der Waals surface area contributed by atoms with Crippen LogP contribution < -0.4 is 0 Å². The Balaban J connectivity index is 1.64. The van der Waals surface area contributed by atoms with E-state index in [-0.39, 0.29) is 0 Å². The molecule has 0 saturated carbocycles. The Labute approximate surface area is 226 Å². The van der Waals surface area contributed by atoms with Crippen molar-refractivity contribution in [2.24, 2.45) is 0 Å². The van der Waals surface area contributed by atoms with Gasteiger partial charge in [-0.05, 0) is 56.6 Å². The summed E-state index contributed by atoms with van der Waals surface area (Å²) < 4.78 is 0. The number of rotatable bonds is 8. The molecule has 0 unspecified atom stereocenters. The van der Waals surface area contributed by atoms with E-state index < -0.39 is 0 Å². The third-order valence-corrected chi connectivity index (χ3v) is 6.26. The molecule has 38 heavy (non-hydrogen) atoms. The van der Waals surface area contributed by atoms with Crippen LogP contribution in [-0.4, -0.2) is 0 Å². The molecule has 0 bridgehead atoms. The predicted molar refractivity (Wildman–Crippen MR) is 167 cm³/mol. The molecule has 0 atom stereocenters. The van der Waals surface area contributed by atoms with Crippen LogP contribution in [0, 0.1) is 6.07 Å². The third-order valence-electron chi connectivity index (χ3n) is 6.26. The number of hydrogen-bond acceptors (Lipinski definition) is 0. The SMILES string of the molecule is [c]1cc(C=Cc2ccccc2)c(C=Cc2ccccc2)c(C=Cc2ccccc2)c1C=Cc1ccccc1. The molecular formula is C38H29. The molecule has 0 aromatic heterocycles. The summed E-state index contributed by atoms with van der Waals surface area (Å²) in [6, 6.07) is 47.3. The summed E-state index contributed by atoms with van der Waals surface area (Å²) in [4.78, 5) is 0. The van der Waals surface area contributed by atoms with E-state index in [4.69, 9.17) is 0 Å². The first-order chi connectivity index (χ1) is 18.8. The summed E-state index contributed by atoms with van der Waals surface area (Å²) in [5.74, 6) is 0. The molecule has 5 aromatic carbocycles. The smallest absolute Gasteiger partial charge is 0.00926 e. The fourth-order valence-corrected chi connectivity index (χ4v) is 4.23. The highest BCUT2D eigenvalue weighted by Crippen LogP contribution is 2.28. The van der Waals surface area contributed by atoms with Crippen LogP contribution in [0.15, 0.2) is 127 Å². The van der Waals surface area contributed by atoms with Crippen LogP contribution in [0.2, 0.25) is 0 Å². The lowest BCUT2D eigenvalue weighted by molar-refractivity contribution is 1.53. The monoisotopic (exact) mass is 485 g/mol. The summed E-state index contributed by atoms with van der Waals surface area (Å²) in [6.07, 6.45) is 17.4. The van der Waals surface area contributed by atoms with Crippen molar-refractivity contribution in [3.63, 3.8) is 0 Å². The fourth-order valence-electron chi connectivity index (χ4n) is 4.23. The van der Waals surface area contributed by atoms with Gasteiger partial charge in [0.15, 0.2) is 0 Å². The highest BCUT2D eigenvalue weighted by Gasteiger charge is 2.08. The molecule has 1 radical (unpaired) electrons. The molecule has 0 amide bonds. The molecule has 5 aromatic rings. The molecular weight excluding hydrogens is 456 g/mol. The van der Waals surface area contributed by atoms with Crippen molar-refractivity contribution in [3.05, 3.63) is 178 Å². The van der Waals surface area contributed by atoms with E-state index >= 15 is 0 Å². The van der Waals surface area contributed by atoms with Gasteiger partial charge in [0.25, 0.3) is 0 Å². The van der Waals surface area contributed by atoms with E-state index in [0.29, 0.717) is 0 Å². The normalized spacial score (nSPS) is 11.8. The zero-order chi connectivity index (χ0) is 25.8. The first kappa shape index (κ1) is 24.7. The van der Waals surface area contributed by atoms with E-state index in [1.54, 1.807) is 0 Å². The van der Waals surface area contributed by atoms with Gasteiger partial charge in [0, 0.05) is 0 Å². The zero-order valence-electron chi connectivity index (χ0n) is 21.2. The molecule has 0 heterocycles. The lowest BCUT2D eigenvalue weighted by Crippen LogP contribution is -1.92. The van der Waals surface area contributed by atoms with Gasteiger partial charge in [0.05, 0.1) is 0 Å². The number of benzene rings is 5. The Morgan fingerprint density at radius 2 is 0.711 bits per heavy atom. The Hall–Kier alpha value is -4.94. The van der Waals surface area contributed by atoms with Crippen LogP contribution >= 0.6 is 0 Å². The highest BCUT2D eigenvalue weighted by atomic mass is 14.1. The lowest BCUT2D eigenvalue weighted by atomic mass is 9.93. The van der Waals surface area contributed by atoms with Crippen molar-refractivity contribution in [1.82, 2.24) is 0 Å². The molecule has 0 nitrogen and oxygen atoms in total. The Morgan fingerprint density at radius 3 is 1.16 bits per heavy atom. The molecule has 5 rings (SSSR count). The van der Waals surface area contributed by atoms with Gasteiger partial charge in [-0.1, -0.05) is 170 Å². The second-order valence-corrected chi connectivity index (χ2v) is 8.96. The fraction of sp³-hybridized carbons (Fsp3) is 0. The average Bonchev–Trinajstić information content (AvgIpc) is 2.99. The van der Waals surface area contributed by atoms with E-state index in [1.165, 1.54) is 5.56 Å². The third kappa shape index (κ3) is 6.84. The Morgan fingerprint density at radius 1 is 0.342 bits per heavy atom. The molecule has 0 aliphatic rings. The van der Waals surface area contributed by atoms with Crippen molar-refractivity contribution in [1.29, 1.82) is 0 Å². The van der Waals surface area contributed by atoms with Gasteiger partial charge in [-0.15, -0.1) is 0 Å². The highest BCUT2D eigenvalue weighted by molar-refractivity contribution is 5.90. The van der Waals surface area contributed by atoms with Crippen molar-refractivity contribution in [3.8, 4) is 0 Å². The summed E-state index contributed by atoms with van der Waals surface area (Å²) in [6.45, 7) is 0. The second-order valence-electron chi connectivity index (χ2n) is 8.96. The molecule has 0 N–H and O–H groups in total. The molecule has 0 fully saturated rings. The van der Waals surface area contributed by atoms with Gasteiger partial charge in [-0.2, -0.15) is 0 Å². The first-order valence-corrected chi connectivity index (χ1v) is 12.9. The maximum atomic E-state index is 3.56. The summed E-state index contributed by atoms with van der Waals surface area (Å²) in [7, 11) is 0. The van der Waals surface area contributed by atoms with Gasteiger partial charge < -0.3 is 0 Å². The Kier molecular flexibility index (Phi) is 8.37. The van der Waals surface area contributed by atoms with E-state index in [9.17, 15) is 0 Å². The first-order valence-electron chi connectivity index (χ1n) is 12.9. The van der Waals surface area contributed by atoms with Gasteiger partial charge in [0.2, 0.25) is 0 Å². The molecule has 0 aliphatic heterocycles. The van der Waals surface area contributed by atoms with Gasteiger partial charge in [-0.3, -0.25) is 0 Å². The molecule has 181 valence electrons. The van der Waals surface area contributed by atoms with Crippen LogP contribution in [0.5, 0.6) is 0 Å². The maximum Gasteiger partial charge on any atom is -0.00926 e. The van der Waals surface area contributed by atoms with E-state index in [1.807, 2.05) is 24.3 Å². The van der Waals surface area contributed by atoms with Gasteiger partial charge in [0.1, 0.15) is 0 Å². The van der Waals surface area contributed by atoms with Crippen LogP contribution in [-0.2, 0) is 0 Å². The predicted octanol–water partition coefficient (Wildman–Crippen LogP) is 10.2. The van der Waals surface area contributed by atoms with Crippen LogP contribution in [0.25, 0.3) is 48.6 Å². The summed E-state index contributed by atoms with van der Waals surface area (Å²) in [5, 5.41) is 0. The minimum atomic E-state index is 1.05. The van der Waals surface area contributed by atoms with Gasteiger partial charge >= 0.3 is 0 Å². The zero-order valence-corrected chi connectivity index (χ0v) is 21.2. The number of hydrogen-bond donors (Lipinski definition) is 0. The minimum Gasteiger partial charge on any atom is -0.0622 e. The van der Waals surface area contributed by atoms with Crippen LogP contribution in [0.3, 0.4) is 0 Å². The van der Waals surface area contributed by atoms with E-state index in [2.05, 4.69) is 158 Å². The van der Waals surface area contributed by atoms with E-state index in [0.717, 1.165) is 38.9 Å². The Bertz CT molecular complexity index is 1430. The molecule has 0 saturated heterocycles. The lowest BCUT2D eigenvalue weighted by Gasteiger charge is -2.11. The van der Waals surface area contributed by atoms with Crippen LogP contribution in [0.4, 0.5) is 0 Å². The molecule has 0 aliphatic carbocycles. The second kappa shape index (κ2) is 12.9. The topological polar surface area (TPSA) is 0 Å². The standard InChI is InChI=1S/C38H29/c1-5-13-31(14-6-1)21-25-35-27-28-36(26-22-32-15-7-2-8-16-32)38(30-24-34-19-11-4-12-20-34)37(35)29-23-33-17-9-3-10-18-33/h1-27,29-30H. The van der Waals surface area contributed by atoms with Crippen molar-refractivity contribution < 1.29 is 0 Å². The van der Waals surface area contributed by atoms with Crippen LogP contribution in [0.1, 0.15) is 44.5 Å².